The number of rotatable bonds is 2. The first-order valence-corrected chi connectivity index (χ1v) is 5.38. The number of nitrogens with two attached hydrogens (primary N) is 1. The lowest BCUT2D eigenvalue weighted by molar-refractivity contribution is -0.145. The van der Waals surface area contributed by atoms with Crippen LogP contribution >= 0.6 is 12.1 Å². The van der Waals surface area contributed by atoms with Gasteiger partial charge in [-0.3, -0.25) is 0 Å². The number of carboxylic acid groups (broad SMARTS) is 1. The van der Waals surface area contributed by atoms with Crippen LogP contribution in [0.3, 0.4) is 0 Å². The maximum atomic E-state index is 12.6. The van der Waals surface area contributed by atoms with Gasteiger partial charge in [-0.2, -0.15) is 3.89 Å². The molecule has 0 bridgehead atoms. The second-order valence-electron chi connectivity index (χ2n) is 3.58. The Morgan fingerprint density at radius 2 is 2.38 bits per heavy atom. The molecule has 0 spiro atoms. The smallest absolute Gasteiger partial charge is 0.328 e. The molecule has 1 atom stereocenters. The van der Waals surface area contributed by atoms with Gasteiger partial charge in [-0.15, -0.1) is 0 Å². The van der Waals surface area contributed by atoms with Gasteiger partial charge in [0.05, 0.1) is 23.7 Å². The van der Waals surface area contributed by atoms with E-state index in [1.54, 1.807) is 12.1 Å². The Labute approximate surface area is 95.9 Å². The van der Waals surface area contributed by atoms with Crippen molar-refractivity contribution in [3.05, 3.63) is 23.8 Å². The van der Waals surface area contributed by atoms with E-state index in [-0.39, 0.29) is 35.8 Å². The zero-order chi connectivity index (χ0) is 11.8. The van der Waals surface area contributed by atoms with Crippen LogP contribution in [0, 0.1) is 0 Å². The molecule has 2 rings (SSSR count). The number of carbonyl (C=O) groups is 1. The molecule has 1 aliphatic rings. The molecule has 0 saturated heterocycles. The molecule has 1 aromatic rings. The molecule has 86 valence electrons. The predicted molar refractivity (Wildman–Crippen MR) is 57.0 cm³/mol. The largest absolute Gasteiger partial charge is 0.492 e. The number of carboxylic acids is 1. The van der Waals surface area contributed by atoms with E-state index in [1.807, 2.05) is 0 Å². The maximum absolute atomic E-state index is 12.6. The van der Waals surface area contributed by atoms with Crippen molar-refractivity contribution in [3.8, 4) is 5.75 Å². The Bertz CT molecular complexity index is 440. The van der Waals surface area contributed by atoms with Gasteiger partial charge < -0.3 is 15.6 Å². The monoisotopic (exact) mass is 243 g/mol. The molecule has 0 saturated carbocycles. The fraction of sp³-hybridized carbons (Fsp3) is 0.300. The topological polar surface area (TPSA) is 72.6 Å². The zero-order valence-corrected chi connectivity index (χ0v) is 9.09. The van der Waals surface area contributed by atoms with Gasteiger partial charge in [0, 0.05) is 12.0 Å². The summed E-state index contributed by atoms with van der Waals surface area (Å²) in [5.74, 6) is -0.885. The number of benzene rings is 1. The minimum absolute atomic E-state index is 0.0224. The molecular formula is C10H10FNO3S. The Morgan fingerprint density at radius 3 is 3.00 bits per heavy atom. The lowest BCUT2D eigenvalue weighted by Gasteiger charge is -2.32. The fourth-order valence-corrected chi connectivity index (χ4v) is 2.12. The number of halogens is 1. The molecule has 0 fully saturated rings. The lowest BCUT2D eigenvalue weighted by atomic mass is 9.86. The summed E-state index contributed by atoms with van der Waals surface area (Å²) in [6.45, 7) is 0.174. The summed E-state index contributed by atoms with van der Waals surface area (Å²) in [5, 5.41) is 9.13. The van der Waals surface area contributed by atoms with Gasteiger partial charge in [-0.05, 0) is 6.07 Å². The van der Waals surface area contributed by atoms with Crippen LogP contribution in [0.4, 0.5) is 3.89 Å². The lowest BCUT2D eigenvalue weighted by Crippen LogP contribution is -2.48. The van der Waals surface area contributed by atoms with Gasteiger partial charge in [-0.1, -0.05) is 12.1 Å². The van der Waals surface area contributed by atoms with E-state index in [2.05, 4.69) is 0 Å². The van der Waals surface area contributed by atoms with Crippen molar-refractivity contribution in [2.24, 2.45) is 5.73 Å². The summed E-state index contributed by atoms with van der Waals surface area (Å²) >= 11 is 0.0224. The first-order chi connectivity index (χ1) is 7.59. The summed E-state index contributed by atoms with van der Waals surface area (Å²) in [6, 6.07) is 4.65. The summed E-state index contributed by atoms with van der Waals surface area (Å²) in [4.78, 5) is 11.4. The average Bonchev–Trinajstić information content (AvgIpc) is 2.28. The minimum atomic E-state index is -1.49. The second kappa shape index (κ2) is 3.95. The van der Waals surface area contributed by atoms with Gasteiger partial charge in [0.2, 0.25) is 0 Å². The number of hydrogen-bond acceptors (Lipinski definition) is 4. The summed E-state index contributed by atoms with van der Waals surface area (Å²) in [7, 11) is 0. The van der Waals surface area contributed by atoms with Crippen LogP contribution in [0.25, 0.3) is 0 Å². The van der Waals surface area contributed by atoms with Crippen molar-refractivity contribution in [1.82, 2.24) is 0 Å². The summed E-state index contributed by atoms with van der Waals surface area (Å²) in [6.07, 6.45) is 0.176. The molecule has 0 radical (unpaired) electrons. The molecule has 1 unspecified atom stereocenters. The van der Waals surface area contributed by atoms with Crippen molar-refractivity contribution in [3.63, 3.8) is 0 Å². The van der Waals surface area contributed by atoms with Crippen molar-refractivity contribution >= 4 is 18.1 Å². The van der Waals surface area contributed by atoms with Crippen LogP contribution < -0.4 is 10.5 Å². The average molecular weight is 243 g/mol. The van der Waals surface area contributed by atoms with Crippen LogP contribution in [-0.2, 0) is 10.3 Å². The highest BCUT2D eigenvalue weighted by Crippen LogP contribution is 2.41. The third-order valence-electron chi connectivity index (χ3n) is 2.67. The quantitative estimate of drug-likeness (QED) is 0.826. The third kappa shape index (κ3) is 1.54. The highest BCUT2D eigenvalue weighted by molar-refractivity contribution is 7.94. The first-order valence-electron chi connectivity index (χ1n) is 4.67. The highest BCUT2D eigenvalue weighted by atomic mass is 32.2. The minimum Gasteiger partial charge on any atom is -0.492 e. The van der Waals surface area contributed by atoms with Crippen LogP contribution in [-0.4, -0.2) is 17.7 Å². The van der Waals surface area contributed by atoms with E-state index in [9.17, 15) is 8.68 Å². The molecule has 0 aromatic heterocycles. The van der Waals surface area contributed by atoms with Crippen LogP contribution in [0.2, 0.25) is 0 Å². The summed E-state index contributed by atoms with van der Waals surface area (Å²) < 4.78 is 17.9. The van der Waals surface area contributed by atoms with E-state index >= 15 is 0 Å². The molecule has 1 aliphatic heterocycles. The van der Waals surface area contributed by atoms with Gasteiger partial charge in [-0.25, -0.2) is 4.79 Å². The van der Waals surface area contributed by atoms with Crippen LogP contribution in [0.15, 0.2) is 23.1 Å². The molecule has 1 heterocycles. The Hall–Kier alpha value is -1.27. The molecule has 6 heteroatoms. The second-order valence-corrected chi connectivity index (χ2v) is 4.18. The van der Waals surface area contributed by atoms with Crippen LogP contribution in [0.1, 0.15) is 12.0 Å². The number of ether oxygens (including phenoxy) is 1. The number of aliphatic carboxylic acids is 1. The number of fused-ring (bicyclic) bond motifs is 1. The van der Waals surface area contributed by atoms with Crippen molar-refractivity contribution in [2.75, 3.05) is 6.61 Å². The highest BCUT2D eigenvalue weighted by Gasteiger charge is 2.42. The van der Waals surface area contributed by atoms with Gasteiger partial charge in [0.1, 0.15) is 11.3 Å². The molecule has 0 amide bonds. The van der Waals surface area contributed by atoms with Crippen molar-refractivity contribution in [1.29, 1.82) is 0 Å². The van der Waals surface area contributed by atoms with E-state index in [0.717, 1.165) is 0 Å². The SMILES string of the molecule is NC1(C(=O)O)CCOc2c(SF)cccc21. The number of para-hydroxylation sites is 1. The van der Waals surface area contributed by atoms with Gasteiger partial charge in [0.25, 0.3) is 0 Å². The third-order valence-corrected chi connectivity index (χ3v) is 3.15. The summed E-state index contributed by atoms with van der Waals surface area (Å²) in [5.41, 5.74) is 4.67. The molecular weight excluding hydrogens is 233 g/mol. The molecule has 3 N–H and O–H groups in total. The Kier molecular flexibility index (Phi) is 2.77. The first kappa shape index (κ1) is 11.2. The van der Waals surface area contributed by atoms with Gasteiger partial charge in [0.15, 0.2) is 0 Å². The van der Waals surface area contributed by atoms with Crippen molar-refractivity contribution < 1.29 is 18.5 Å². The molecule has 16 heavy (non-hydrogen) atoms. The van der Waals surface area contributed by atoms with Gasteiger partial charge >= 0.3 is 5.97 Å². The Morgan fingerprint density at radius 1 is 1.62 bits per heavy atom. The Balaban J connectivity index is 2.59. The molecule has 4 nitrogen and oxygen atoms in total. The maximum Gasteiger partial charge on any atom is 0.328 e. The van der Waals surface area contributed by atoms with Crippen molar-refractivity contribution in [2.45, 2.75) is 16.9 Å². The van der Waals surface area contributed by atoms with E-state index in [4.69, 9.17) is 15.6 Å². The van der Waals surface area contributed by atoms with E-state index < -0.39 is 11.5 Å². The standard InChI is InChI=1S/C10H10FNO3S/c11-16-7-3-1-2-6-8(7)15-5-4-10(6,12)9(13)14/h1-3H,4-5,12H2,(H,13,14). The molecule has 0 aliphatic carbocycles. The number of hydrogen-bond donors (Lipinski definition) is 2. The zero-order valence-electron chi connectivity index (χ0n) is 8.27. The fourth-order valence-electron chi connectivity index (χ4n) is 1.75. The van der Waals surface area contributed by atoms with E-state index in [0.29, 0.717) is 5.56 Å². The van der Waals surface area contributed by atoms with Crippen LogP contribution in [0.5, 0.6) is 5.75 Å². The van der Waals surface area contributed by atoms with E-state index in [1.165, 1.54) is 6.07 Å². The predicted octanol–water partition coefficient (Wildman–Crippen LogP) is 1.68. The normalized spacial score (nSPS) is 23.4. The molecule has 1 aromatic carbocycles.